The van der Waals surface area contributed by atoms with Crippen LogP contribution < -0.4 is 10.1 Å². The van der Waals surface area contributed by atoms with Gasteiger partial charge in [0.05, 0.1) is 17.6 Å². The van der Waals surface area contributed by atoms with Crippen molar-refractivity contribution in [2.24, 2.45) is 7.05 Å². The van der Waals surface area contributed by atoms with Gasteiger partial charge in [-0.3, -0.25) is 10.00 Å². The van der Waals surface area contributed by atoms with Gasteiger partial charge < -0.3 is 9.47 Å². The highest BCUT2D eigenvalue weighted by Gasteiger charge is 2.29. The van der Waals surface area contributed by atoms with Crippen molar-refractivity contribution in [3.63, 3.8) is 0 Å². The minimum Gasteiger partial charge on any atom is -0.483 e. The molecule has 0 aliphatic carbocycles. The summed E-state index contributed by atoms with van der Waals surface area (Å²) in [4.78, 5) is 12.1. The Morgan fingerprint density at radius 1 is 1.32 bits per heavy atom. The Kier molecular flexibility index (Phi) is 5.40. The van der Waals surface area contributed by atoms with Crippen LogP contribution >= 0.6 is 0 Å². The minimum absolute atomic E-state index is 0.132. The number of aryl methyl sites for hydroxylation is 1. The summed E-state index contributed by atoms with van der Waals surface area (Å²) in [5.74, 6) is 0.641. The van der Waals surface area contributed by atoms with Crippen molar-refractivity contribution in [1.82, 2.24) is 9.78 Å². The van der Waals surface area contributed by atoms with E-state index in [-0.39, 0.29) is 6.10 Å². The Labute approximate surface area is 149 Å². The zero-order valence-electron chi connectivity index (χ0n) is 16.0. The van der Waals surface area contributed by atoms with Crippen LogP contribution in [0.2, 0.25) is 0 Å². The second-order valence-corrected chi connectivity index (χ2v) is 6.64. The molecule has 3 rings (SSSR count). The lowest BCUT2D eigenvalue weighted by Crippen LogP contribution is -2.27. The quantitative estimate of drug-likeness (QED) is 0.797. The highest BCUT2D eigenvalue weighted by atomic mass is 16.6. The number of hydrogen-bond acceptors (Lipinski definition) is 4. The first-order valence-corrected chi connectivity index (χ1v) is 8.58. The Balaban J connectivity index is 0.00000109. The van der Waals surface area contributed by atoms with Gasteiger partial charge in [0.2, 0.25) is 0 Å². The third kappa shape index (κ3) is 3.95. The molecule has 1 amide bonds. The number of nitrogens with zero attached hydrogens (tertiary/aromatic N) is 2. The molecule has 0 spiro atoms. The first-order chi connectivity index (χ1) is 11.8. The van der Waals surface area contributed by atoms with Crippen LogP contribution in [-0.4, -0.2) is 21.5 Å². The second kappa shape index (κ2) is 7.17. The van der Waals surface area contributed by atoms with Gasteiger partial charge >= 0.3 is 6.09 Å². The monoisotopic (exact) mass is 345 g/mol. The molecule has 0 saturated carbocycles. The summed E-state index contributed by atoms with van der Waals surface area (Å²) in [7, 11) is 1.90. The van der Waals surface area contributed by atoms with Gasteiger partial charge in [0.1, 0.15) is 11.7 Å². The van der Waals surface area contributed by atoms with E-state index in [9.17, 15) is 4.79 Å². The maximum absolute atomic E-state index is 12.1. The summed E-state index contributed by atoms with van der Waals surface area (Å²) in [6, 6.07) is 5.64. The molecule has 1 atom stereocenters. The molecule has 6 nitrogen and oxygen atoms in total. The molecular weight excluding hydrogens is 318 g/mol. The zero-order chi connectivity index (χ0) is 18.8. The van der Waals surface area contributed by atoms with Crippen molar-refractivity contribution in [1.29, 1.82) is 0 Å². The molecule has 1 unspecified atom stereocenters. The highest BCUT2D eigenvalue weighted by molar-refractivity contribution is 5.90. The van der Waals surface area contributed by atoms with Crippen molar-refractivity contribution in [2.45, 2.75) is 53.2 Å². The van der Waals surface area contributed by atoms with E-state index >= 15 is 0 Å². The van der Waals surface area contributed by atoms with E-state index in [4.69, 9.17) is 9.47 Å². The molecule has 25 heavy (non-hydrogen) atoms. The number of ether oxygens (including phenoxy) is 2. The number of benzene rings is 1. The third-order valence-corrected chi connectivity index (χ3v) is 3.61. The lowest BCUT2D eigenvalue weighted by atomic mass is 9.99. The van der Waals surface area contributed by atoms with Crippen molar-refractivity contribution >= 4 is 11.8 Å². The van der Waals surface area contributed by atoms with Crippen molar-refractivity contribution in [3.8, 4) is 17.0 Å². The van der Waals surface area contributed by atoms with Crippen LogP contribution in [-0.2, 0) is 11.8 Å². The van der Waals surface area contributed by atoms with Crippen LogP contribution in [0.3, 0.4) is 0 Å². The highest BCUT2D eigenvalue weighted by Crippen LogP contribution is 2.45. The van der Waals surface area contributed by atoms with Gasteiger partial charge in [-0.1, -0.05) is 19.9 Å². The number of aromatic nitrogens is 2. The van der Waals surface area contributed by atoms with E-state index < -0.39 is 11.7 Å². The third-order valence-electron chi connectivity index (χ3n) is 3.61. The molecular formula is C19H27N3O3. The van der Waals surface area contributed by atoms with E-state index in [0.29, 0.717) is 11.4 Å². The smallest absolute Gasteiger partial charge is 0.412 e. The van der Waals surface area contributed by atoms with Gasteiger partial charge in [-0.2, -0.15) is 5.10 Å². The Hall–Kier alpha value is -2.50. The molecule has 1 aromatic heterocycles. The number of carbonyl (C=O) groups is 1. The van der Waals surface area contributed by atoms with Crippen LogP contribution in [0, 0.1) is 0 Å². The van der Waals surface area contributed by atoms with E-state index in [2.05, 4.69) is 10.4 Å². The number of hydrogen-bond donors (Lipinski definition) is 1. The number of fused-ring (bicyclic) bond motifs is 3. The molecule has 0 radical (unpaired) electrons. The molecule has 1 aromatic carbocycles. The van der Waals surface area contributed by atoms with Gasteiger partial charge in [-0.25, -0.2) is 4.79 Å². The lowest BCUT2D eigenvalue weighted by Gasteiger charge is -2.26. The van der Waals surface area contributed by atoms with Crippen molar-refractivity contribution in [2.75, 3.05) is 5.32 Å². The fourth-order valence-corrected chi connectivity index (χ4v) is 2.68. The Morgan fingerprint density at radius 2 is 2.00 bits per heavy atom. The molecule has 1 aliphatic rings. The fourth-order valence-electron chi connectivity index (χ4n) is 2.68. The van der Waals surface area contributed by atoms with Gasteiger partial charge in [-0.15, -0.1) is 0 Å². The molecule has 2 aromatic rings. The second-order valence-electron chi connectivity index (χ2n) is 6.64. The molecule has 1 N–H and O–H groups in total. The molecule has 136 valence electrons. The number of para-hydroxylation sites is 1. The summed E-state index contributed by atoms with van der Waals surface area (Å²) in [5.41, 5.74) is 2.99. The SMILES string of the molecule is CC.CC1Oc2c(NC(=O)OC(C)(C)C)cccc2-c2c1cnn2C. The zero-order valence-corrected chi connectivity index (χ0v) is 16.0. The first-order valence-electron chi connectivity index (χ1n) is 8.58. The normalized spacial score (nSPS) is 15.1. The topological polar surface area (TPSA) is 65.4 Å². The summed E-state index contributed by atoms with van der Waals surface area (Å²) in [6.45, 7) is 11.4. The predicted octanol–water partition coefficient (Wildman–Crippen LogP) is 4.91. The minimum atomic E-state index is -0.553. The number of rotatable bonds is 1. The van der Waals surface area contributed by atoms with E-state index in [0.717, 1.165) is 16.8 Å². The Bertz CT molecular complexity index is 760. The van der Waals surface area contributed by atoms with Crippen LogP contribution in [0.1, 0.15) is 53.2 Å². The lowest BCUT2D eigenvalue weighted by molar-refractivity contribution is 0.0635. The van der Waals surface area contributed by atoms with Gasteiger partial charge in [-0.05, 0) is 39.8 Å². The van der Waals surface area contributed by atoms with Crippen LogP contribution in [0.4, 0.5) is 10.5 Å². The summed E-state index contributed by atoms with van der Waals surface area (Å²) in [5, 5.41) is 7.09. The van der Waals surface area contributed by atoms with E-state index in [1.54, 1.807) is 6.07 Å². The van der Waals surface area contributed by atoms with Gasteiger partial charge in [0.15, 0.2) is 5.75 Å². The van der Waals surface area contributed by atoms with Crippen molar-refractivity contribution in [3.05, 3.63) is 30.0 Å². The van der Waals surface area contributed by atoms with E-state index in [1.807, 2.05) is 71.6 Å². The molecule has 0 saturated heterocycles. The van der Waals surface area contributed by atoms with Crippen LogP contribution in [0.25, 0.3) is 11.3 Å². The fraction of sp³-hybridized carbons (Fsp3) is 0.474. The number of amides is 1. The summed E-state index contributed by atoms with van der Waals surface area (Å²) >= 11 is 0. The van der Waals surface area contributed by atoms with Crippen molar-refractivity contribution < 1.29 is 14.3 Å². The van der Waals surface area contributed by atoms with Crippen LogP contribution in [0.5, 0.6) is 5.75 Å². The van der Waals surface area contributed by atoms with E-state index in [1.165, 1.54) is 0 Å². The average Bonchev–Trinajstić information content (AvgIpc) is 2.91. The molecule has 1 aliphatic heterocycles. The molecule has 0 bridgehead atoms. The molecule has 0 fully saturated rings. The van der Waals surface area contributed by atoms with Crippen LogP contribution in [0.15, 0.2) is 24.4 Å². The number of nitrogens with one attached hydrogen (secondary N) is 1. The summed E-state index contributed by atoms with van der Waals surface area (Å²) in [6.07, 6.45) is 1.18. The molecule has 6 heteroatoms. The summed E-state index contributed by atoms with van der Waals surface area (Å²) < 4.78 is 13.1. The molecule has 2 heterocycles. The predicted molar refractivity (Wildman–Crippen MR) is 98.9 cm³/mol. The maximum Gasteiger partial charge on any atom is 0.412 e. The number of anilines is 1. The standard InChI is InChI=1S/C17H21N3O3.C2H6/c1-10-12-9-18-20(5)14(12)11-7-6-8-13(15(11)22-10)19-16(21)23-17(2,3)4;1-2/h6-10H,1-5H3,(H,19,21);1-2H3. The van der Waals surface area contributed by atoms with Gasteiger partial charge in [0.25, 0.3) is 0 Å². The first kappa shape index (κ1) is 18.8. The average molecular weight is 345 g/mol. The van der Waals surface area contributed by atoms with Gasteiger partial charge in [0, 0.05) is 18.2 Å². The number of carbonyl (C=O) groups excluding carboxylic acids is 1. The maximum atomic E-state index is 12.1. The largest absolute Gasteiger partial charge is 0.483 e. The Morgan fingerprint density at radius 3 is 2.64 bits per heavy atom.